The van der Waals surface area contributed by atoms with Gasteiger partial charge in [-0.05, 0) is 43.7 Å². The summed E-state index contributed by atoms with van der Waals surface area (Å²) >= 11 is 5.81. The van der Waals surface area contributed by atoms with Gasteiger partial charge < -0.3 is 10.2 Å². The van der Waals surface area contributed by atoms with Crippen LogP contribution in [0.15, 0.2) is 47.4 Å². The molecule has 0 saturated carbocycles. The number of halogens is 2. The van der Waals surface area contributed by atoms with Crippen LogP contribution in [0.4, 0.5) is 14.9 Å². The lowest BCUT2D eigenvalue weighted by atomic mass is 10.2. The molecule has 0 radical (unpaired) electrons. The maximum absolute atomic E-state index is 13.3. The minimum atomic E-state index is -3.92. The van der Waals surface area contributed by atoms with Gasteiger partial charge in [0.05, 0.1) is 9.82 Å². The van der Waals surface area contributed by atoms with Gasteiger partial charge in [-0.3, -0.25) is 15.0 Å². The molecule has 1 N–H and O–H groups in total. The first-order chi connectivity index (χ1) is 17.0. The van der Waals surface area contributed by atoms with Gasteiger partial charge in [-0.25, -0.2) is 17.6 Å². The molecular weight excluding hydrogens is 513 g/mol. The number of hydrogen-bond donors (Lipinski definition) is 1. The van der Waals surface area contributed by atoms with E-state index in [0.29, 0.717) is 32.7 Å². The molecule has 0 atom stereocenters. The summed E-state index contributed by atoms with van der Waals surface area (Å²) in [7, 11) is -3.92. The lowest BCUT2D eigenvalue weighted by Crippen LogP contribution is -2.51. The van der Waals surface area contributed by atoms with Gasteiger partial charge >= 0.3 is 6.03 Å². The summed E-state index contributed by atoms with van der Waals surface area (Å²) in [5.41, 5.74) is 0.334. The van der Waals surface area contributed by atoms with E-state index in [0.717, 1.165) is 11.6 Å². The minimum absolute atomic E-state index is 0.0503. The van der Waals surface area contributed by atoms with Gasteiger partial charge in [0.1, 0.15) is 10.8 Å². The first-order valence-corrected chi connectivity index (χ1v) is 13.3. The number of carbonyl (C=O) groups is 1. The fourth-order valence-corrected chi connectivity index (χ4v) is 5.43. The maximum atomic E-state index is 13.3. The molecule has 2 amide bonds. The van der Waals surface area contributed by atoms with Crippen molar-refractivity contribution in [2.75, 3.05) is 39.3 Å². The topological polar surface area (TPSA) is 116 Å². The Hall–Kier alpha value is -2.80. The fourth-order valence-electron chi connectivity index (χ4n) is 3.80. The van der Waals surface area contributed by atoms with Crippen molar-refractivity contribution < 1.29 is 22.5 Å². The third-order valence-electron chi connectivity index (χ3n) is 5.76. The summed E-state index contributed by atoms with van der Waals surface area (Å²) in [5, 5.41) is 13.9. The van der Waals surface area contributed by atoms with E-state index >= 15 is 0 Å². The van der Waals surface area contributed by atoms with E-state index in [4.69, 9.17) is 11.6 Å². The van der Waals surface area contributed by atoms with Crippen LogP contribution in [0.3, 0.4) is 0 Å². The van der Waals surface area contributed by atoms with E-state index in [1.54, 1.807) is 17.0 Å². The number of nitro groups is 1. The smallest absolute Gasteiger partial charge is 0.317 e. The molecule has 196 valence electrons. The Labute approximate surface area is 214 Å². The second kappa shape index (κ2) is 12.0. The molecule has 13 heteroatoms. The highest BCUT2D eigenvalue weighted by atomic mass is 35.5. The van der Waals surface area contributed by atoms with Crippen LogP contribution in [0.25, 0.3) is 0 Å². The molecule has 1 heterocycles. The van der Waals surface area contributed by atoms with Gasteiger partial charge in [0, 0.05) is 57.9 Å². The third-order valence-corrected chi connectivity index (χ3v) is 7.97. The summed E-state index contributed by atoms with van der Waals surface area (Å²) in [5.74, 6) is -0.349. The van der Waals surface area contributed by atoms with E-state index in [-0.39, 0.29) is 40.9 Å². The summed E-state index contributed by atoms with van der Waals surface area (Å²) < 4.78 is 40.6. The number of carbonyl (C=O) groups excluding carboxylic acids is 1. The Morgan fingerprint density at radius 2 is 1.81 bits per heavy atom. The fraction of sp³-hybridized carbons (Fsp3) is 0.435. The number of sulfonamides is 1. The Morgan fingerprint density at radius 1 is 1.17 bits per heavy atom. The summed E-state index contributed by atoms with van der Waals surface area (Å²) in [4.78, 5) is 26.7. The lowest BCUT2D eigenvalue weighted by molar-refractivity contribution is -0.384. The van der Waals surface area contributed by atoms with Gasteiger partial charge in [-0.1, -0.05) is 23.7 Å². The average molecular weight is 542 g/mol. The first kappa shape index (κ1) is 27.8. The minimum Gasteiger partial charge on any atom is -0.336 e. The van der Waals surface area contributed by atoms with Crippen molar-refractivity contribution >= 4 is 33.3 Å². The zero-order chi connectivity index (χ0) is 26.5. The zero-order valence-corrected chi connectivity index (χ0v) is 21.6. The van der Waals surface area contributed by atoms with Crippen molar-refractivity contribution in [3.8, 4) is 0 Å². The number of hydrogen-bond acceptors (Lipinski definition) is 6. The molecular formula is C23H29ClFN5O5S. The van der Waals surface area contributed by atoms with Gasteiger partial charge in [0.15, 0.2) is 0 Å². The van der Waals surface area contributed by atoms with Crippen LogP contribution in [0.1, 0.15) is 19.4 Å². The molecule has 0 spiro atoms. The lowest BCUT2D eigenvalue weighted by Gasteiger charge is -2.35. The number of amides is 2. The van der Waals surface area contributed by atoms with E-state index in [1.165, 1.54) is 28.6 Å². The molecule has 1 aliphatic heterocycles. The van der Waals surface area contributed by atoms with E-state index in [1.807, 2.05) is 13.8 Å². The molecule has 1 aliphatic rings. The number of nitrogens with zero attached hydrogens (tertiary/aromatic N) is 4. The Morgan fingerprint density at radius 3 is 2.39 bits per heavy atom. The number of nitro benzene ring substituents is 1. The van der Waals surface area contributed by atoms with Gasteiger partial charge in [-0.15, -0.1) is 0 Å². The average Bonchev–Trinajstić information content (AvgIpc) is 2.82. The highest BCUT2D eigenvalue weighted by Crippen LogP contribution is 2.29. The Balaban J connectivity index is 1.61. The van der Waals surface area contributed by atoms with E-state index in [2.05, 4.69) is 10.2 Å². The zero-order valence-electron chi connectivity index (χ0n) is 20.1. The van der Waals surface area contributed by atoms with Crippen molar-refractivity contribution in [1.29, 1.82) is 0 Å². The van der Waals surface area contributed by atoms with Crippen LogP contribution < -0.4 is 5.32 Å². The quantitative estimate of drug-likeness (QED) is 0.384. The highest BCUT2D eigenvalue weighted by molar-refractivity contribution is 7.89. The van der Waals surface area contributed by atoms with Gasteiger partial charge in [0.2, 0.25) is 10.0 Å². The molecule has 0 bridgehead atoms. The molecule has 2 aromatic carbocycles. The first-order valence-electron chi connectivity index (χ1n) is 11.4. The van der Waals surface area contributed by atoms with Crippen LogP contribution in [0, 0.1) is 15.9 Å². The molecule has 0 aromatic heterocycles. The molecule has 1 saturated heterocycles. The molecule has 0 unspecified atom stereocenters. The predicted octanol–water partition coefficient (Wildman–Crippen LogP) is 3.31. The predicted molar refractivity (Wildman–Crippen MR) is 134 cm³/mol. The van der Waals surface area contributed by atoms with Crippen LogP contribution >= 0.6 is 11.6 Å². The summed E-state index contributed by atoms with van der Waals surface area (Å²) in [6.07, 6.45) is 0. The third kappa shape index (κ3) is 7.12. The van der Waals surface area contributed by atoms with Crippen LogP contribution in [0.5, 0.6) is 0 Å². The van der Waals surface area contributed by atoms with E-state index in [9.17, 15) is 27.7 Å². The monoisotopic (exact) mass is 541 g/mol. The summed E-state index contributed by atoms with van der Waals surface area (Å²) in [6, 6.07) is 9.13. The molecule has 36 heavy (non-hydrogen) atoms. The van der Waals surface area contributed by atoms with Crippen molar-refractivity contribution in [2.45, 2.75) is 31.3 Å². The van der Waals surface area contributed by atoms with Crippen molar-refractivity contribution in [3.05, 3.63) is 69.0 Å². The SMILES string of the molecule is CC(C)NC(=O)N(CCN1CCN(S(=O)(=O)c2ccc(Cl)c([N+](=O)[O-])c2)CC1)Cc1ccc(F)cc1. The largest absolute Gasteiger partial charge is 0.336 e. The molecule has 1 fully saturated rings. The second-order valence-corrected chi connectivity index (χ2v) is 11.1. The highest BCUT2D eigenvalue weighted by Gasteiger charge is 2.30. The van der Waals surface area contributed by atoms with Gasteiger partial charge in [-0.2, -0.15) is 4.31 Å². The van der Waals surface area contributed by atoms with Crippen molar-refractivity contribution in [1.82, 2.24) is 19.4 Å². The second-order valence-electron chi connectivity index (χ2n) is 8.77. The standard InChI is InChI=1S/C23H29ClFN5O5S/c1-17(2)26-23(31)28(16-18-3-5-19(25)6-4-18)12-9-27-10-13-29(14-11-27)36(34,35)20-7-8-21(24)22(15-20)30(32)33/h3-8,15,17H,9-14,16H2,1-2H3,(H,26,31). The number of urea groups is 1. The van der Waals surface area contributed by atoms with E-state index < -0.39 is 20.6 Å². The number of nitrogens with one attached hydrogen (secondary N) is 1. The van der Waals surface area contributed by atoms with Crippen LogP contribution in [-0.2, 0) is 16.6 Å². The van der Waals surface area contributed by atoms with Crippen molar-refractivity contribution in [2.24, 2.45) is 0 Å². The normalized spacial score (nSPS) is 15.1. The van der Waals surface area contributed by atoms with Crippen LogP contribution in [0.2, 0.25) is 5.02 Å². The Kier molecular flexibility index (Phi) is 9.23. The van der Waals surface area contributed by atoms with Crippen LogP contribution in [-0.4, -0.2) is 78.8 Å². The Bertz CT molecular complexity index is 1190. The maximum Gasteiger partial charge on any atom is 0.317 e. The summed E-state index contributed by atoms with van der Waals surface area (Å²) in [6.45, 7) is 6.23. The van der Waals surface area contributed by atoms with Crippen molar-refractivity contribution in [3.63, 3.8) is 0 Å². The number of benzene rings is 2. The molecule has 3 rings (SSSR count). The molecule has 10 nitrogen and oxygen atoms in total. The number of rotatable bonds is 9. The molecule has 2 aromatic rings. The number of piperazine rings is 1. The molecule has 0 aliphatic carbocycles. The van der Waals surface area contributed by atoms with Gasteiger partial charge in [0.25, 0.3) is 5.69 Å².